The van der Waals surface area contributed by atoms with Gasteiger partial charge in [-0.25, -0.2) is 0 Å². The van der Waals surface area contributed by atoms with Gasteiger partial charge in [0.1, 0.15) is 5.02 Å². The van der Waals surface area contributed by atoms with E-state index in [9.17, 15) is 4.79 Å². The van der Waals surface area contributed by atoms with E-state index in [-0.39, 0.29) is 16.6 Å². The average Bonchev–Trinajstić information content (AvgIpc) is 2.71. The summed E-state index contributed by atoms with van der Waals surface area (Å²) in [5.41, 5.74) is 1.99. The van der Waals surface area contributed by atoms with Gasteiger partial charge in [0.2, 0.25) is 0 Å². The molecular formula is C22H18ClN3O. The molecule has 0 saturated carbocycles. The molecule has 0 unspecified atom stereocenters. The second-order valence-corrected chi connectivity index (χ2v) is 6.74. The van der Waals surface area contributed by atoms with E-state index in [1.165, 1.54) is 15.5 Å². The Balaban J connectivity index is 1.68. The lowest BCUT2D eigenvalue weighted by Gasteiger charge is -2.18. The van der Waals surface area contributed by atoms with Gasteiger partial charge in [0, 0.05) is 6.04 Å². The highest BCUT2D eigenvalue weighted by molar-refractivity contribution is 6.33. The Hall–Kier alpha value is -3.11. The largest absolute Gasteiger partial charge is 0.376 e. The van der Waals surface area contributed by atoms with Crippen LogP contribution in [0.1, 0.15) is 18.5 Å². The predicted octanol–water partition coefficient (Wildman–Crippen LogP) is 5.21. The molecule has 0 aliphatic rings. The number of hydrogen-bond acceptors (Lipinski definition) is 3. The van der Waals surface area contributed by atoms with Crippen LogP contribution in [0.3, 0.4) is 0 Å². The Kier molecular flexibility index (Phi) is 4.65. The first kappa shape index (κ1) is 17.3. The third-order valence-electron chi connectivity index (χ3n) is 4.58. The monoisotopic (exact) mass is 375 g/mol. The zero-order valence-electron chi connectivity index (χ0n) is 14.8. The second-order valence-electron chi connectivity index (χ2n) is 6.36. The summed E-state index contributed by atoms with van der Waals surface area (Å²) in [6.07, 6.45) is 1.60. The molecule has 0 amide bonds. The SMILES string of the molecule is C[C@H](Nc1cnn(-c2ccccc2)c(=O)c1Cl)c1cccc2ccccc12. The van der Waals surface area contributed by atoms with Crippen molar-refractivity contribution in [3.63, 3.8) is 0 Å². The van der Waals surface area contributed by atoms with E-state index < -0.39 is 0 Å². The summed E-state index contributed by atoms with van der Waals surface area (Å²) in [6, 6.07) is 23.6. The van der Waals surface area contributed by atoms with Crippen LogP contribution in [0, 0.1) is 0 Å². The van der Waals surface area contributed by atoms with Crippen LogP contribution < -0.4 is 10.9 Å². The molecule has 1 N–H and O–H groups in total. The Morgan fingerprint density at radius 1 is 0.963 bits per heavy atom. The van der Waals surface area contributed by atoms with Gasteiger partial charge >= 0.3 is 0 Å². The Bertz CT molecular complexity index is 1150. The lowest BCUT2D eigenvalue weighted by molar-refractivity contribution is 0.800. The summed E-state index contributed by atoms with van der Waals surface area (Å²) in [5.74, 6) is 0. The maximum Gasteiger partial charge on any atom is 0.292 e. The molecular weight excluding hydrogens is 358 g/mol. The van der Waals surface area contributed by atoms with Crippen molar-refractivity contribution >= 4 is 28.1 Å². The van der Waals surface area contributed by atoms with Gasteiger partial charge in [-0.15, -0.1) is 0 Å². The summed E-state index contributed by atoms with van der Waals surface area (Å²) in [6.45, 7) is 2.04. The van der Waals surface area contributed by atoms with E-state index >= 15 is 0 Å². The van der Waals surface area contributed by atoms with Crippen molar-refractivity contribution in [2.24, 2.45) is 0 Å². The van der Waals surface area contributed by atoms with Crippen molar-refractivity contribution in [3.8, 4) is 5.69 Å². The number of para-hydroxylation sites is 1. The van der Waals surface area contributed by atoms with Crippen LogP contribution in [0.4, 0.5) is 5.69 Å². The third kappa shape index (κ3) is 3.32. The predicted molar refractivity (Wildman–Crippen MR) is 111 cm³/mol. The molecule has 0 aliphatic heterocycles. The first-order valence-corrected chi connectivity index (χ1v) is 9.10. The zero-order valence-corrected chi connectivity index (χ0v) is 15.5. The van der Waals surface area contributed by atoms with E-state index in [0.717, 1.165) is 5.56 Å². The molecule has 1 heterocycles. The number of nitrogens with one attached hydrogen (secondary N) is 1. The minimum atomic E-state index is -0.349. The number of halogens is 1. The maximum atomic E-state index is 12.6. The van der Waals surface area contributed by atoms with E-state index in [2.05, 4.69) is 34.7 Å². The third-order valence-corrected chi connectivity index (χ3v) is 4.95. The molecule has 3 aromatic carbocycles. The van der Waals surface area contributed by atoms with Gasteiger partial charge in [-0.2, -0.15) is 9.78 Å². The van der Waals surface area contributed by atoms with Gasteiger partial charge < -0.3 is 5.32 Å². The first-order valence-electron chi connectivity index (χ1n) is 8.72. The second kappa shape index (κ2) is 7.25. The van der Waals surface area contributed by atoms with Gasteiger partial charge in [0.25, 0.3) is 5.56 Å². The number of nitrogens with zero attached hydrogens (tertiary/aromatic N) is 2. The molecule has 4 rings (SSSR count). The van der Waals surface area contributed by atoms with Crippen LogP contribution in [0.25, 0.3) is 16.5 Å². The van der Waals surface area contributed by atoms with Crippen LogP contribution in [0.15, 0.2) is 83.8 Å². The van der Waals surface area contributed by atoms with Crippen LogP contribution in [0.5, 0.6) is 0 Å². The molecule has 4 nitrogen and oxygen atoms in total. The summed E-state index contributed by atoms with van der Waals surface area (Å²) >= 11 is 6.36. The normalized spacial score (nSPS) is 12.1. The minimum Gasteiger partial charge on any atom is -0.376 e. The van der Waals surface area contributed by atoms with Gasteiger partial charge in [-0.1, -0.05) is 72.3 Å². The molecule has 0 bridgehead atoms. The highest BCUT2D eigenvalue weighted by Gasteiger charge is 2.14. The quantitative estimate of drug-likeness (QED) is 0.532. The smallest absolute Gasteiger partial charge is 0.292 e. The fraction of sp³-hybridized carbons (Fsp3) is 0.0909. The highest BCUT2D eigenvalue weighted by Crippen LogP contribution is 2.28. The number of hydrogen-bond donors (Lipinski definition) is 1. The number of rotatable bonds is 4. The van der Waals surface area contributed by atoms with Crippen LogP contribution in [-0.4, -0.2) is 9.78 Å². The summed E-state index contributed by atoms with van der Waals surface area (Å²) in [4.78, 5) is 12.6. The topological polar surface area (TPSA) is 46.9 Å². The molecule has 0 radical (unpaired) electrons. The fourth-order valence-corrected chi connectivity index (χ4v) is 3.41. The van der Waals surface area contributed by atoms with Crippen molar-refractivity contribution in [3.05, 3.63) is 99.9 Å². The zero-order chi connectivity index (χ0) is 18.8. The van der Waals surface area contributed by atoms with Crippen LogP contribution in [0.2, 0.25) is 5.02 Å². The molecule has 0 aliphatic carbocycles. The van der Waals surface area contributed by atoms with E-state index in [0.29, 0.717) is 11.4 Å². The van der Waals surface area contributed by atoms with E-state index in [1.807, 2.05) is 55.5 Å². The maximum absolute atomic E-state index is 12.6. The highest BCUT2D eigenvalue weighted by atomic mass is 35.5. The van der Waals surface area contributed by atoms with Crippen molar-refractivity contribution in [1.82, 2.24) is 9.78 Å². The van der Waals surface area contributed by atoms with Crippen molar-refractivity contribution in [1.29, 1.82) is 0 Å². The minimum absolute atomic E-state index is 0.0395. The van der Waals surface area contributed by atoms with Gasteiger partial charge in [0.15, 0.2) is 0 Å². The standard InChI is InChI=1S/C22H18ClN3O/c1-15(18-13-7-9-16-8-5-6-12-19(16)18)25-20-14-24-26(22(27)21(20)23)17-10-3-2-4-11-17/h2-15,25H,1H3/t15-/m0/s1. The number of fused-ring (bicyclic) bond motifs is 1. The molecule has 0 spiro atoms. The number of aromatic nitrogens is 2. The molecule has 1 aromatic heterocycles. The summed E-state index contributed by atoms with van der Waals surface area (Å²) < 4.78 is 1.30. The van der Waals surface area contributed by atoms with Crippen molar-refractivity contribution in [2.75, 3.05) is 5.32 Å². The van der Waals surface area contributed by atoms with Crippen molar-refractivity contribution < 1.29 is 0 Å². The Morgan fingerprint density at radius 2 is 1.67 bits per heavy atom. The van der Waals surface area contributed by atoms with Gasteiger partial charge in [-0.3, -0.25) is 4.79 Å². The fourth-order valence-electron chi connectivity index (χ4n) is 3.23. The molecule has 0 saturated heterocycles. The summed E-state index contributed by atoms with van der Waals surface area (Å²) in [7, 11) is 0. The van der Waals surface area contributed by atoms with E-state index in [1.54, 1.807) is 6.20 Å². The molecule has 27 heavy (non-hydrogen) atoms. The van der Waals surface area contributed by atoms with Crippen molar-refractivity contribution in [2.45, 2.75) is 13.0 Å². The lowest BCUT2D eigenvalue weighted by atomic mass is 9.99. The Morgan fingerprint density at radius 3 is 2.48 bits per heavy atom. The summed E-state index contributed by atoms with van der Waals surface area (Å²) in [5, 5.41) is 10.1. The number of benzene rings is 3. The Labute approximate surface area is 162 Å². The van der Waals surface area contributed by atoms with E-state index in [4.69, 9.17) is 11.6 Å². The number of anilines is 1. The van der Waals surface area contributed by atoms with Crippen LogP contribution >= 0.6 is 11.6 Å². The molecule has 134 valence electrons. The lowest BCUT2D eigenvalue weighted by Crippen LogP contribution is -2.23. The molecule has 5 heteroatoms. The average molecular weight is 376 g/mol. The van der Waals surface area contributed by atoms with Gasteiger partial charge in [-0.05, 0) is 35.4 Å². The first-order chi connectivity index (χ1) is 13.1. The molecule has 1 atom stereocenters. The van der Waals surface area contributed by atoms with Gasteiger partial charge in [0.05, 0.1) is 17.6 Å². The van der Waals surface area contributed by atoms with Crippen LogP contribution in [-0.2, 0) is 0 Å². The molecule has 4 aromatic rings. The molecule has 0 fully saturated rings.